The topological polar surface area (TPSA) is 75.6 Å². The number of hydrogen-bond donors (Lipinski definition) is 2. The highest BCUT2D eigenvalue weighted by Gasteiger charge is 2.24. The van der Waals surface area contributed by atoms with Crippen LogP contribution in [0.4, 0.5) is 0 Å². The number of ether oxygens (including phenoxy) is 1. The van der Waals surface area contributed by atoms with Crippen LogP contribution < -0.4 is 4.72 Å². The molecule has 0 saturated heterocycles. The van der Waals surface area contributed by atoms with Crippen molar-refractivity contribution in [2.75, 3.05) is 20.3 Å². The van der Waals surface area contributed by atoms with Crippen molar-refractivity contribution in [1.29, 1.82) is 0 Å². The van der Waals surface area contributed by atoms with E-state index in [2.05, 4.69) is 4.72 Å². The average Bonchev–Trinajstić information content (AvgIpc) is 2.36. The van der Waals surface area contributed by atoms with Gasteiger partial charge in [-0.05, 0) is 29.5 Å². The zero-order valence-electron chi connectivity index (χ0n) is 13.3. The maximum atomic E-state index is 12.5. The summed E-state index contributed by atoms with van der Waals surface area (Å²) in [6, 6.07) is 4.78. The van der Waals surface area contributed by atoms with Crippen molar-refractivity contribution in [3.8, 4) is 0 Å². The molecule has 0 aromatic heterocycles. The Balaban J connectivity index is 3.19. The highest BCUT2D eigenvalue weighted by molar-refractivity contribution is 7.89. The van der Waals surface area contributed by atoms with Crippen LogP contribution >= 0.6 is 0 Å². The summed E-state index contributed by atoms with van der Waals surface area (Å²) in [5.41, 5.74) is 1.48. The molecule has 0 aliphatic rings. The van der Waals surface area contributed by atoms with Gasteiger partial charge in [-0.2, -0.15) is 0 Å². The molecule has 1 unspecified atom stereocenters. The minimum Gasteiger partial charge on any atom is -0.395 e. The number of aryl methyl sites for hydroxylation is 1. The lowest BCUT2D eigenvalue weighted by Crippen LogP contribution is -2.40. The zero-order valence-corrected chi connectivity index (χ0v) is 14.1. The van der Waals surface area contributed by atoms with Crippen molar-refractivity contribution < 1.29 is 18.3 Å². The zero-order chi connectivity index (χ0) is 16.3. The van der Waals surface area contributed by atoms with Gasteiger partial charge in [0.05, 0.1) is 24.2 Å². The van der Waals surface area contributed by atoms with Crippen molar-refractivity contribution in [2.45, 2.75) is 44.0 Å². The second-order valence-electron chi connectivity index (χ2n) is 6.19. The molecular formula is C15H25NO4S. The van der Waals surface area contributed by atoms with Gasteiger partial charge in [-0.15, -0.1) is 0 Å². The molecule has 1 aromatic carbocycles. The van der Waals surface area contributed by atoms with E-state index in [0.717, 1.165) is 5.56 Å². The van der Waals surface area contributed by atoms with Crippen LogP contribution in [-0.4, -0.2) is 39.9 Å². The summed E-state index contributed by atoms with van der Waals surface area (Å²) >= 11 is 0. The molecule has 21 heavy (non-hydrogen) atoms. The van der Waals surface area contributed by atoms with Crippen molar-refractivity contribution >= 4 is 10.0 Å². The van der Waals surface area contributed by atoms with E-state index in [9.17, 15) is 13.5 Å². The van der Waals surface area contributed by atoms with Gasteiger partial charge in [-0.1, -0.05) is 32.9 Å². The molecule has 1 aromatic rings. The first-order valence-corrected chi connectivity index (χ1v) is 8.33. The number of sulfonamides is 1. The normalized spacial score (nSPS) is 14.2. The molecule has 0 radical (unpaired) electrons. The Morgan fingerprint density at radius 1 is 1.33 bits per heavy atom. The minimum atomic E-state index is -3.70. The van der Waals surface area contributed by atoms with Crippen LogP contribution in [0.1, 0.15) is 31.9 Å². The second-order valence-corrected chi connectivity index (χ2v) is 7.87. The number of rotatable bonds is 6. The number of benzene rings is 1. The number of methoxy groups -OCH3 is 1. The van der Waals surface area contributed by atoms with Crippen LogP contribution in [0.2, 0.25) is 0 Å². The second kappa shape index (κ2) is 6.87. The fraction of sp³-hybridized carbons (Fsp3) is 0.600. The van der Waals surface area contributed by atoms with Gasteiger partial charge in [0.2, 0.25) is 10.0 Å². The van der Waals surface area contributed by atoms with Gasteiger partial charge in [0.1, 0.15) is 0 Å². The lowest BCUT2D eigenvalue weighted by Gasteiger charge is -2.22. The lowest BCUT2D eigenvalue weighted by molar-refractivity contribution is 0.139. The van der Waals surface area contributed by atoms with Gasteiger partial charge < -0.3 is 9.84 Å². The largest absolute Gasteiger partial charge is 0.395 e. The van der Waals surface area contributed by atoms with E-state index in [4.69, 9.17) is 4.74 Å². The van der Waals surface area contributed by atoms with Crippen molar-refractivity contribution in [3.63, 3.8) is 0 Å². The molecule has 0 spiro atoms. The summed E-state index contributed by atoms with van der Waals surface area (Å²) in [6.07, 6.45) is 0. The molecular weight excluding hydrogens is 290 g/mol. The average molecular weight is 315 g/mol. The van der Waals surface area contributed by atoms with Crippen molar-refractivity contribution in [2.24, 2.45) is 0 Å². The van der Waals surface area contributed by atoms with Crippen LogP contribution in [0.15, 0.2) is 23.1 Å². The molecule has 120 valence electrons. The number of aliphatic hydroxyl groups excluding tert-OH is 1. The third-order valence-corrected chi connectivity index (χ3v) is 4.92. The summed E-state index contributed by atoms with van der Waals surface area (Å²) < 4.78 is 32.4. The first-order valence-electron chi connectivity index (χ1n) is 6.85. The first-order chi connectivity index (χ1) is 9.61. The molecule has 2 N–H and O–H groups in total. The SMILES string of the molecule is COCC(CO)NS(=O)(=O)c1cc(C(C)(C)C)ccc1C. The summed E-state index contributed by atoms with van der Waals surface area (Å²) in [7, 11) is -2.24. The maximum absolute atomic E-state index is 12.5. The summed E-state index contributed by atoms with van der Waals surface area (Å²) in [4.78, 5) is 0.240. The van der Waals surface area contributed by atoms with Crippen LogP contribution in [0.3, 0.4) is 0 Å². The van der Waals surface area contributed by atoms with E-state index in [0.29, 0.717) is 5.56 Å². The van der Waals surface area contributed by atoms with Gasteiger partial charge in [0.15, 0.2) is 0 Å². The Labute approximate surface area is 127 Å². The number of aliphatic hydroxyl groups is 1. The van der Waals surface area contributed by atoms with Crippen LogP contribution in [0.25, 0.3) is 0 Å². The Morgan fingerprint density at radius 2 is 1.95 bits per heavy atom. The van der Waals surface area contributed by atoms with E-state index in [-0.39, 0.29) is 23.5 Å². The van der Waals surface area contributed by atoms with Crippen LogP contribution in [-0.2, 0) is 20.2 Å². The molecule has 0 bridgehead atoms. The summed E-state index contributed by atoms with van der Waals surface area (Å²) in [5.74, 6) is 0. The molecule has 0 saturated carbocycles. The Kier molecular flexibility index (Phi) is 5.92. The lowest BCUT2D eigenvalue weighted by atomic mass is 9.87. The van der Waals surface area contributed by atoms with Crippen LogP contribution in [0, 0.1) is 6.92 Å². The highest BCUT2D eigenvalue weighted by Crippen LogP contribution is 2.26. The molecule has 0 aliphatic heterocycles. The van der Waals surface area contributed by atoms with E-state index in [1.165, 1.54) is 7.11 Å². The van der Waals surface area contributed by atoms with Gasteiger partial charge in [0, 0.05) is 7.11 Å². The van der Waals surface area contributed by atoms with Gasteiger partial charge in [-0.25, -0.2) is 13.1 Å². The van der Waals surface area contributed by atoms with Crippen molar-refractivity contribution in [1.82, 2.24) is 4.72 Å². The quantitative estimate of drug-likeness (QED) is 0.836. The van der Waals surface area contributed by atoms with Gasteiger partial charge in [0.25, 0.3) is 0 Å². The molecule has 0 aliphatic carbocycles. The Morgan fingerprint density at radius 3 is 2.43 bits per heavy atom. The number of hydrogen-bond acceptors (Lipinski definition) is 4. The molecule has 0 heterocycles. The molecule has 1 rings (SSSR count). The molecule has 6 heteroatoms. The van der Waals surface area contributed by atoms with E-state index >= 15 is 0 Å². The smallest absolute Gasteiger partial charge is 0.241 e. The third-order valence-electron chi connectivity index (χ3n) is 3.25. The first kappa shape index (κ1) is 18.1. The third kappa shape index (κ3) is 4.78. The highest BCUT2D eigenvalue weighted by atomic mass is 32.2. The fourth-order valence-corrected chi connectivity index (χ4v) is 3.45. The minimum absolute atomic E-state index is 0.119. The molecule has 5 nitrogen and oxygen atoms in total. The van der Waals surface area contributed by atoms with Crippen LogP contribution in [0.5, 0.6) is 0 Å². The summed E-state index contributed by atoms with van der Waals surface area (Å²) in [6.45, 7) is 7.65. The predicted molar refractivity (Wildman–Crippen MR) is 83.0 cm³/mol. The molecule has 0 fully saturated rings. The maximum Gasteiger partial charge on any atom is 0.241 e. The molecule has 0 amide bonds. The Hall–Kier alpha value is -0.950. The number of nitrogens with one attached hydrogen (secondary N) is 1. The van der Waals surface area contributed by atoms with Crippen molar-refractivity contribution in [3.05, 3.63) is 29.3 Å². The predicted octanol–water partition coefficient (Wildman–Crippen LogP) is 1.58. The summed E-state index contributed by atoms with van der Waals surface area (Å²) in [5, 5.41) is 9.21. The van der Waals surface area contributed by atoms with E-state index in [1.54, 1.807) is 19.1 Å². The van der Waals surface area contributed by atoms with E-state index < -0.39 is 16.1 Å². The monoisotopic (exact) mass is 315 g/mol. The van der Waals surface area contributed by atoms with Gasteiger partial charge in [-0.3, -0.25) is 0 Å². The molecule has 1 atom stereocenters. The standard InChI is InChI=1S/C15H25NO4S/c1-11-6-7-12(15(2,3)4)8-14(11)21(18,19)16-13(9-17)10-20-5/h6-8,13,16-17H,9-10H2,1-5H3. The fourth-order valence-electron chi connectivity index (χ4n) is 1.96. The van der Waals surface area contributed by atoms with E-state index in [1.807, 2.05) is 26.8 Å². The van der Waals surface area contributed by atoms with Gasteiger partial charge >= 0.3 is 0 Å². The Bertz CT molecular complexity index is 576.